The van der Waals surface area contributed by atoms with Gasteiger partial charge >= 0.3 is 0 Å². The Morgan fingerprint density at radius 1 is 1.08 bits per heavy atom. The molecule has 2 N–H and O–H groups in total. The second-order valence-electron chi connectivity index (χ2n) is 6.82. The minimum atomic E-state index is -2.86. The summed E-state index contributed by atoms with van der Waals surface area (Å²) in [6.07, 6.45) is 3.16. The van der Waals surface area contributed by atoms with Gasteiger partial charge in [-0.1, -0.05) is 23.2 Å². The van der Waals surface area contributed by atoms with Gasteiger partial charge in [-0.05, 0) is 37.8 Å². The number of nitrogens with one attached hydrogen (secondary N) is 2. The van der Waals surface area contributed by atoms with Gasteiger partial charge in [0, 0.05) is 24.2 Å². The molecular weight excluding hydrogens is 399 g/mol. The van der Waals surface area contributed by atoms with Crippen molar-refractivity contribution >= 4 is 38.9 Å². The minimum absolute atomic E-state index is 0.0541. The first-order valence-corrected chi connectivity index (χ1v) is 11.2. The van der Waals surface area contributed by atoms with Crippen molar-refractivity contribution in [2.75, 3.05) is 18.1 Å². The fourth-order valence-electron chi connectivity index (χ4n) is 3.20. The Hall–Kier alpha value is -1.02. The molecule has 0 unspecified atom stereocenters. The van der Waals surface area contributed by atoms with E-state index in [1.54, 1.807) is 18.2 Å². The monoisotopic (exact) mass is 420 g/mol. The first-order chi connectivity index (χ1) is 12.3. The molecule has 144 valence electrons. The number of hydrogen-bond donors (Lipinski definition) is 2. The maximum absolute atomic E-state index is 12.1. The molecular formula is C17H22Cl2N2O4S. The van der Waals surface area contributed by atoms with Crippen LogP contribution in [0.15, 0.2) is 18.2 Å². The quantitative estimate of drug-likeness (QED) is 0.736. The number of rotatable bonds is 6. The third-order valence-electron chi connectivity index (χ3n) is 4.89. The Balaban J connectivity index is 1.41. The van der Waals surface area contributed by atoms with Crippen LogP contribution in [0.1, 0.15) is 25.7 Å². The van der Waals surface area contributed by atoms with Crippen LogP contribution in [0.25, 0.3) is 0 Å². The standard InChI is InChI=1S/C17H22Cl2N2O4S/c18-13-2-1-12(9-14(13)19)25-10-17(22)21-16-4-3-15(16)20-11-5-7-26(23,24)8-6-11/h1-2,9,11,15-16,20H,3-8,10H2,(H,21,22)/t15-,16+/m1/s1. The van der Waals surface area contributed by atoms with Crippen LogP contribution < -0.4 is 15.4 Å². The summed E-state index contributed by atoms with van der Waals surface area (Å²) in [5, 5.41) is 7.26. The molecule has 2 aliphatic rings. The van der Waals surface area contributed by atoms with Crippen LogP contribution in [0.2, 0.25) is 10.0 Å². The second kappa shape index (κ2) is 8.33. The van der Waals surface area contributed by atoms with Gasteiger partial charge in [-0.2, -0.15) is 0 Å². The highest BCUT2D eigenvalue weighted by Gasteiger charge is 2.35. The minimum Gasteiger partial charge on any atom is -0.484 e. The molecule has 1 amide bonds. The average molecular weight is 421 g/mol. The van der Waals surface area contributed by atoms with E-state index in [1.165, 1.54) is 0 Å². The van der Waals surface area contributed by atoms with E-state index in [9.17, 15) is 13.2 Å². The Kier molecular flexibility index (Phi) is 6.33. The van der Waals surface area contributed by atoms with Crippen LogP contribution in [0.3, 0.4) is 0 Å². The van der Waals surface area contributed by atoms with Gasteiger partial charge in [0.15, 0.2) is 6.61 Å². The predicted octanol–water partition coefficient (Wildman–Crippen LogP) is 2.19. The Labute approximate surface area is 163 Å². The van der Waals surface area contributed by atoms with Gasteiger partial charge in [-0.15, -0.1) is 0 Å². The number of ether oxygens (including phenoxy) is 1. The van der Waals surface area contributed by atoms with Crippen molar-refractivity contribution in [1.29, 1.82) is 0 Å². The summed E-state index contributed by atoms with van der Waals surface area (Å²) in [6, 6.07) is 5.30. The van der Waals surface area contributed by atoms with E-state index in [0.717, 1.165) is 12.8 Å². The molecule has 1 aliphatic heterocycles. The summed E-state index contributed by atoms with van der Waals surface area (Å²) in [6.45, 7) is -0.0944. The van der Waals surface area contributed by atoms with E-state index in [1.807, 2.05) is 0 Å². The predicted molar refractivity (Wildman–Crippen MR) is 102 cm³/mol. The zero-order valence-corrected chi connectivity index (χ0v) is 16.5. The lowest BCUT2D eigenvalue weighted by Crippen LogP contribution is -2.60. The number of amides is 1. The van der Waals surface area contributed by atoms with Crippen molar-refractivity contribution in [1.82, 2.24) is 10.6 Å². The largest absolute Gasteiger partial charge is 0.484 e. The van der Waals surface area contributed by atoms with E-state index in [0.29, 0.717) is 28.6 Å². The van der Waals surface area contributed by atoms with E-state index in [2.05, 4.69) is 10.6 Å². The average Bonchev–Trinajstić information content (AvgIpc) is 2.59. The number of sulfone groups is 1. The Bertz CT molecular complexity index is 758. The molecule has 1 aromatic rings. The number of hydrogen-bond acceptors (Lipinski definition) is 5. The van der Waals surface area contributed by atoms with E-state index in [-0.39, 0.29) is 42.1 Å². The molecule has 1 saturated heterocycles. The summed E-state index contributed by atoms with van der Waals surface area (Å²) in [5.74, 6) is 0.776. The second-order valence-corrected chi connectivity index (χ2v) is 9.93. The van der Waals surface area contributed by atoms with Crippen molar-refractivity contribution in [3.63, 3.8) is 0 Å². The van der Waals surface area contributed by atoms with Crippen molar-refractivity contribution < 1.29 is 17.9 Å². The maximum atomic E-state index is 12.1. The molecule has 0 radical (unpaired) electrons. The molecule has 1 aliphatic carbocycles. The van der Waals surface area contributed by atoms with Crippen LogP contribution in [-0.4, -0.2) is 50.6 Å². The highest BCUT2D eigenvalue weighted by molar-refractivity contribution is 7.91. The molecule has 0 spiro atoms. The van der Waals surface area contributed by atoms with Crippen LogP contribution in [0, 0.1) is 0 Å². The first kappa shape index (κ1) is 19.7. The molecule has 2 fully saturated rings. The molecule has 6 nitrogen and oxygen atoms in total. The Morgan fingerprint density at radius 3 is 2.38 bits per heavy atom. The van der Waals surface area contributed by atoms with Crippen molar-refractivity contribution in [3.05, 3.63) is 28.2 Å². The number of benzene rings is 1. The molecule has 9 heteroatoms. The summed E-state index contributed by atoms with van der Waals surface area (Å²) >= 11 is 11.8. The van der Waals surface area contributed by atoms with Crippen LogP contribution >= 0.6 is 23.2 Å². The molecule has 2 atom stereocenters. The van der Waals surface area contributed by atoms with E-state index >= 15 is 0 Å². The fourth-order valence-corrected chi connectivity index (χ4v) is 4.98. The van der Waals surface area contributed by atoms with Crippen molar-refractivity contribution in [2.24, 2.45) is 0 Å². The zero-order valence-electron chi connectivity index (χ0n) is 14.2. The summed E-state index contributed by atoms with van der Waals surface area (Å²) in [7, 11) is -2.86. The molecule has 0 bridgehead atoms. The normalized spacial score (nSPS) is 25.3. The van der Waals surface area contributed by atoms with Crippen LogP contribution in [-0.2, 0) is 14.6 Å². The highest BCUT2D eigenvalue weighted by Crippen LogP contribution is 2.26. The molecule has 0 aromatic heterocycles. The molecule has 1 saturated carbocycles. The lowest BCUT2D eigenvalue weighted by Gasteiger charge is -2.40. The lowest BCUT2D eigenvalue weighted by atomic mass is 9.85. The summed E-state index contributed by atoms with van der Waals surface area (Å²) in [5.41, 5.74) is 0. The molecule has 26 heavy (non-hydrogen) atoms. The first-order valence-electron chi connectivity index (χ1n) is 8.66. The SMILES string of the molecule is O=C(COc1ccc(Cl)c(Cl)c1)N[C@H]1CC[C@H]1NC1CCS(=O)(=O)CC1. The highest BCUT2D eigenvalue weighted by atomic mass is 35.5. The van der Waals surface area contributed by atoms with Crippen LogP contribution in [0.4, 0.5) is 0 Å². The van der Waals surface area contributed by atoms with Crippen molar-refractivity contribution in [2.45, 2.75) is 43.8 Å². The topological polar surface area (TPSA) is 84.5 Å². The maximum Gasteiger partial charge on any atom is 0.258 e. The van der Waals surface area contributed by atoms with Gasteiger partial charge in [0.1, 0.15) is 15.6 Å². The fraction of sp³-hybridized carbons (Fsp3) is 0.588. The van der Waals surface area contributed by atoms with Gasteiger partial charge < -0.3 is 15.4 Å². The smallest absolute Gasteiger partial charge is 0.258 e. The van der Waals surface area contributed by atoms with Crippen LogP contribution in [0.5, 0.6) is 5.75 Å². The van der Waals surface area contributed by atoms with Gasteiger partial charge in [-0.3, -0.25) is 4.79 Å². The summed E-state index contributed by atoms with van der Waals surface area (Å²) < 4.78 is 28.4. The number of carbonyl (C=O) groups excluding carboxylic acids is 1. The number of halogens is 2. The third kappa shape index (κ3) is 5.25. The van der Waals surface area contributed by atoms with Crippen molar-refractivity contribution in [3.8, 4) is 5.75 Å². The molecule has 1 aromatic carbocycles. The van der Waals surface area contributed by atoms with Gasteiger partial charge in [0.05, 0.1) is 21.6 Å². The third-order valence-corrected chi connectivity index (χ3v) is 7.34. The lowest BCUT2D eigenvalue weighted by molar-refractivity contribution is -0.124. The summed E-state index contributed by atoms with van der Waals surface area (Å²) in [4.78, 5) is 12.1. The Morgan fingerprint density at radius 2 is 1.77 bits per heavy atom. The zero-order chi connectivity index (χ0) is 18.7. The van der Waals surface area contributed by atoms with Gasteiger partial charge in [0.2, 0.25) is 0 Å². The van der Waals surface area contributed by atoms with E-state index < -0.39 is 9.84 Å². The molecule has 3 rings (SSSR count). The molecule has 1 heterocycles. The van der Waals surface area contributed by atoms with Gasteiger partial charge in [0.25, 0.3) is 5.91 Å². The van der Waals surface area contributed by atoms with E-state index in [4.69, 9.17) is 27.9 Å². The van der Waals surface area contributed by atoms with Gasteiger partial charge in [-0.25, -0.2) is 8.42 Å². The number of carbonyl (C=O) groups is 1.